The molecule has 23 heavy (non-hydrogen) atoms. The highest BCUT2D eigenvalue weighted by atomic mass is 16.6. The van der Waals surface area contributed by atoms with Gasteiger partial charge in [-0.05, 0) is 6.92 Å². The SMILES string of the molecule is C[C@]1(CO)OC(n2cc(C(=N)N)c3c(=O)[nH]cnc32)[C@H](O)[C@@H]1O. The smallest absolute Gasteiger partial charge is 0.260 e. The molecule has 0 aliphatic carbocycles. The summed E-state index contributed by atoms with van der Waals surface area (Å²) in [6, 6.07) is 0. The first kappa shape index (κ1) is 15.6. The lowest BCUT2D eigenvalue weighted by Crippen LogP contribution is -2.43. The third-order valence-corrected chi connectivity index (χ3v) is 4.12. The van der Waals surface area contributed by atoms with E-state index in [-0.39, 0.29) is 22.4 Å². The Bertz CT molecular complexity index is 830. The zero-order chi connectivity index (χ0) is 16.9. The number of ether oxygens (including phenoxy) is 1. The number of aromatic amines is 1. The summed E-state index contributed by atoms with van der Waals surface area (Å²) in [7, 11) is 0. The molecule has 10 heteroatoms. The van der Waals surface area contributed by atoms with E-state index in [0.717, 1.165) is 0 Å². The predicted octanol–water partition coefficient (Wildman–Crippen LogP) is -1.99. The summed E-state index contributed by atoms with van der Waals surface area (Å²) >= 11 is 0. The van der Waals surface area contributed by atoms with Gasteiger partial charge in [0.25, 0.3) is 5.56 Å². The van der Waals surface area contributed by atoms with Gasteiger partial charge in [-0.3, -0.25) is 10.2 Å². The second kappa shape index (κ2) is 5.13. The van der Waals surface area contributed by atoms with Crippen molar-refractivity contribution in [1.29, 1.82) is 5.41 Å². The van der Waals surface area contributed by atoms with Gasteiger partial charge in [-0.1, -0.05) is 0 Å². The van der Waals surface area contributed by atoms with Crippen LogP contribution in [-0.4, -0.2) is 60.1 Å². The van der Waals surface area contributed by atoms with Gasteiger partial charge in [-0.2, -0.15) is 0 Å². The molecule has 1 aliphatic heterocycles. The average Bonchev–Trinajstić information content (AvgIpc) is 3.01. The maximum atomic E-state index is 12.0. The molecule has 124 valence electrons. The monoisotopic (exact) mass is 323 g/mol. The van der Waals surface area contributed by atoms with E-state index in [1.807, 2.05) is 0 Å². The van der Waals surface area contributed by atoms with Crippen LogP contribution in [0.3, 0.4) is 0 Å². The molecule has 1 unspecified atom stereocenters. The number of nitrogens with two attached hydrogens (primary N) is 1. The Morgan fingerprint density at radius 3 is 2.87 bits per heavy atom. The molecular weight excluding hydrogens is 306 g/mol. The molecule has 0 radical (unpaired) electrons. The van der Waals surface area contributed by atoms with Gasteiger partial charge in [0.2, 0.25) is 0 Å². The molecule has 1 saturated heterocycles. The van der Waals surface area contributed by atoms with Gasteiger partial charge < -0.3 is 35.3 Å². The number of nitrogen functional groups attached to an aromatic ring is 1. The molecular formula is C13H17N5O5. The van der Waals surface area contributed by atoms with Crippen molar-refractivity contribution in [3.8, 4) is 0 Å². The van der Waals surface area contributed by atoms with E-state index in [4.69, 9.17) is 15.9 Å². The van der Waals surface area contributed by atoms with Crippen molar-refractivity contribution in [3.05, 3.63) is 28.4 Å². The third-order valence-electron chi connectivity index (χ3n) is 4.12. The molecule has 2 aromatic rings. The van der Waals surface area contributed by atoms with Gasteiger partial charge in [0, 0.05) is 11.8 Å². The summed E-state index contributed by atoms with van der Waals surface area (Å²) in [4.78, 5) is 18.4. The average molecular weight is 323 g/mol. The van der Waals surface area contributed by atoms with Crippen molar-refractivity contribution in [2.75, 3.05) is 6.61 Å². The number of aliphatic hydroxyl groups is 3. The lowest BCUT2D eigenvalue weighted by atomic mass is 9.99. The van der Waals surface area contributed by atoms with Crippen molar-refractivity contribution < 1.29 is 20.1 Å². The number of nitrogens with one attached hydrogen (secondary N) is 2. The molecule has 0 aromatic carbocycles. The number of hydrogen-bond acceptors (Lipinski definition) is 7. The molecule has 0 amide bonds. The van der Waals surface area contributed by atoms with E-state index in [2.05, 4.69) is 9.97 Å². The third kappa shape index (κ3) is 2.15. The standard InChI is InChI=1S/C13H17N5O5/c1-13(3-19)8(21)7(20)12(23-13)18-2-5(9(14)15)6-10(18)16-4-17-11(6)22/h2,4,7-8,12,19-21H,3H2,1H3,(H3,14,15)(H,16,17,22)/t7-,8+,12?,13-/m1/s1. The summed E-state index contributed by atoms with van der Waals surface area (Å²) in [5.41, 5.74) is 3.93. The molecule has 0 saturated carbocycles. The number of aliphatic hydroxyl groups excluding tert-OH is 3. The summed E-state index contributed by atoms with van der Waals surface area (Å²) in [6.07, 6.45) is -1.25. The first-order valence-electron chi connectivity index (χ1n) is 6.87. The minimum atomic E-state index is -1.36. The van der Waals surface area contributed by atoms with Gasteiger partial charge >= 0.3 is 0 Å². The predicted molar refractivity (Wildman–Crippen MR) is 79.0 cm³/mol. The van der Waals surface area contributed by atoms with Crippen molar-refractivity contribution in [3.63, 3.8) is 0 Å². The van der Waals surface area contributed by atoms with Crippen molar-refractivity contribution in [2.24, 2.45) is 5.73 Å². The van der Waals surface area contributed by atoms with Gasteiger partial charge in [-0.25, -0.2) is 4.98 Å². The first-order valence-corrected chi connectivity index (χ1v) is 6.87. The number of H-pyrrole nitrogens is 1. The molecule has 1 fully saturated rings. The summed E-state index contributed by atoms with van der Waals surface area (Å²) in [5.74, 6) is -0.342. The van der Waals surface area contributed by atoms with Crippen LogP contribution in [0.15, 0.2) is 17.3 Å². The molecule has 3 heterocycles. The Hall–Kier alpha value is -2.27. The zero-order valence-electron chi connectivity index (χ0n) is 12.2. The van der Waals surface area contributed by atoms with Crippen LogP contribution in [0, 0.1) is 5.41 Å². The topological polar surface area (TPSA) is 170 Å². The van der Waals surface area contributed by atoms with E-state index >= 15 is 0 Å². The number of aromatic nitrogens is 3. The van der Waals surface area contributed by atoms with E-state index in [1.165, 1.54) is 24.0 Å². The van der Waals surface area contributed by atoms with Gasteiger partial charge in [0.05, 0.1) is 18.3 Å². The van der Waals surface area contributed by atoms with Crippen molar-refractivity contribution >= 4 is 16.9 Å². The van der Waals surface area contributed by atoms with Crippen LogP contribution in [0.1, 0.15) is 18.7 Å². The van der Waals surface area contributed by atoms with E-state index in [0.29, 0.717) is 0 Å². The van der Waals surface area contributed by atoms with Crippen LogP contribution in [0.25, 0.3) is 11.0 Å². The molecule has 3 rings (SSSR count). The number of amidine groups is 1. The normalized spacial score (nSPS) is 30.9. The van der Waals surface area contributed by atoms with Crippen molar-refractivity contribution in [1.82, 2.24) is 14.5 Å². The Kier molecular flexibility index (Phi) is 3.48. The fourth-order valence-corrected chi connectivity index (χ4v) is 2.78. The van der Waals surface area contributed by atoms with Gasteiger partial charge in [0.1, 0.15) is 29.3 Å². The fourth-order valence-electron chi connectivity index (χ4n) is 2.78. The highest BCUT2D eigenvalue weighted by Crippen LogP contribution is 2.38. The lowest BCUT2D eigenvalue weighted by Gasteiger charge is -2.24. The van der Waals surface area contributed by atoms with Crippen LogP contribution in [0.4, 0.5) is 0 Å². The Labute approximate surface area is 129 Å². The van der Waals surface area contributed by atoms with E-state index in [9.17, 15) is 20.1 Å². The second-order valence-electron chi connectivity index (χ2n) is 5.71. The highest BCUT2D eigenvalue weighted by molar-refractivity contribution is 6.06. The number of nitrogens with zero attached hydrogens (tertiary/aromatic N) is 2. The Morgan fingerprint density at radius 2 is 2.30 bits per heavy atom. The summed E-state index contributed by atoms with van der Waals surface area (Å²) in [6.45, 7) is 0.952. The van der Waals surface area contributed by atoms with Gasteiger partial charge in [0.15, 0.2) is 6.23 Å². The summed E-state index contributed by atoms with van der Waals surface area (Å²) in [5, 5.41) is 37.4. The number of fused-ring (bicyclic) bond motifs is 1. The maximum absolute atomic E-state index is 12.0. The number of rotatable bonds is 3. The fraction of sp³-hybridized carbons (Fsp3) is 0.462. The molecule has 10 nitrogen and oxygen atoms in total. The molecule has 2 aromatic heterocycles. The molecule has 0 spiro atoms. The van der Waals surface area contributed by atoms with Crippen LogP contribution in [0.5, 0.6) is 0 Å². The summed E-state index contributed by atoms with van der Waals surface area (Å²) < 4.78 is 6.93. The zero-order valence-corrected chi connectivity index (χ0v) is 12.2. The van der Waals surface area contributed by atoms with Crippen molar-refractivity contribution in [2.45, 2.75) is 31.0 Å². The molecule has 1 aliphatic rings. The first-order chi connectivity index (χ1) is 10.8. The van der Waals surface area contributed by atoms with E-state index in [1.54, 1.807) is 0 Å². The van der Waals surface area contributed by atoms with Crippen LogP contribution >= 0.6 is 0 Å². The van der Waals surface area contributed by atoms with Gasteiger partial charge in [-0.15, -0.1) is 0 Å². The van der Waals surface area contributed by atoms with Crippen LogP contribution in [-0.2, 0) is 4.74 Å². The Morgan fingerprint density at radius 1 is 1.61 bits per heavy atom. The molecule has 7 N–H and O–H groups in total. The maximum Gasteiger partial charge on any atom is 0.260 e. The highest BCUT2D eigenvalue weighted by Gasteiger charge is 2.52. The van der Waals surface area contributed by atoms with Crippen LogP contribution < -0.4 is 11.3 Å². The quantitative estimate of drug-likeness (QED) is 0.280. The minimum Gasteiger partial charge on any atom is -0.393 e. The Balaban J connectivity index is 2.20. The molecule has 0 bridgehead atoms. The second-order valence-corrected chi connectivity index (χ2v) is 5.71. The lowest BCUT2D eigenvalue weighted by molar-refractivity contribution is -0.115. The largest absolute Gasteiger partial charge is 0.393 e. The molecule has 4 atom stereocenters. The van der Waals surface area contributed by atoms with E-state index < -0.39 is 36.2 Å². The van der Waals surface area contributed by atoms with Crippen LogP contribution in [0.2, 0.25) is 0 Å². The number of hydrogen-bond donors (Lipinski definition) is 6. The minimum absolute atomic E-state index is 0.0860.